The predicted molar refractivity (Wildman–Crippen MR) is 57.7 cm³/mol. The molecule has 1 aromatic heterocycles. The summed E-state index contributed by atoms with van der Waals surface area (Å²) in [6.07, 6.45) is 1.63. The van der Waals surface area contributed by atoms with Crippen molar-refractivity contribution in [2.45, 2.75) is 13.8 Å². The Morgan fingerprint density at radius 2 is 2.06 bits per heavy atom. The summed E-state index contributed by atoms with van der Waals surface area (Å²) in [7, 11) is 0. The van der Waals surface area contributed by atoms with Gasteiger partial charge in [-0.15, -0.1) is 0 Å². The van der Waals surface area contributed by atoms with Gasteiger partial charge < -0.3 is 4.57 Å². The Bertz CT molecular complexity index is 578. The van der Waals surface area contributed by atoms with Crippen molar-refractivity contribution in [2.75, 3.05) is 0 Å². The molecular weight excluding hydrogens is 205 g/mol. The average Bonchev–Trinajstić information content (AvgIpc) is 2.59. The fraction of sp³-hybridized carbons (Fsp3) is 0.167. The van der Waals surface area contributed by atoms with Crippen LogP contribution in [0.5, 0.6) is 0 Å². The van der Waals surface area contributed by atoms with Crippen LogP contribution in [0.2, 0.25) is 0 Å². The second kappa shape index (κ2) is 3.78. The molecule has 16 heavy (non-hydrogen) atoms. The van der Waals surface area contributed by atoms with E-state index in [1.807, 2.05) is 19.9 Å². The first kappa shape index (κ1) is 10.4. The monoisotopic (exact) mass is 215 g/mol. The number of hydrogen-bond acceptors (Lipinski definition) is 2. The van der Waals surface area contributed by atoms with E-state index in [0.29, 0.717) is 11.3 Å². The number of imidazole rings is 1. The van der Waals surface area contributed by atoms with Crippen LogP contribution in [0.25, 0.3) is 5.69 Å². The lowest BCUT2D eigenvalue weighted by atomic mass is 10.2. The first-order valence-electron chi connectivity index (χ1n) is 4.83. The molecule has 0 bridgehead atoms. The number of halogens is 1. The molecule has 3 nitrogen and oxygen atoms in total. The molecule has 0 aliphatic rings. The zero-order chi connectivity index (χ0) is 11.7. The minimum atomic E-state index is -0.417. The second-order valence-electron chi connectivity index (χ2n) is 3.60. The van der Waals surface area contributed by atoms with Gasteiger partial charge in [0, 0.05) is 5.69 Å². The Kier molecular flexibility index (Phi) is 2.45. The predicted octanol–water partition coefficient (Wildman–Crippen LogP) is 2.50. The van der Waals surface area contributed by atoms with Crippen molar-refractivity contribution in [2.24, 2.45) is 0 Å². The molecule has 0 spiro atoms. The topological polar surface area (TPSA) is 41.6 Å². The molecule has 0 radical (unpaired) electrons. The molecule has 0 atom stereocenters. The van der Waals surface area contributed by atoms with Crippen LogP contribution < -0.4 is 0 Å². The second-order valence-corrected chi connectivity index (χ2v) is 3.60. The van der Waals surface area contributed by atoms with Gasteiger partial charge in [-0.1, -0.05) is 0 Å². The van der Waals surface area contributed by atoms with Gasteiger partial charge in [-0.25, -0.2) is 9.37 Å². The number of hydrogen-bond donors (Lipinski definition) is 0. The Labute approximate surface area is 92.8 Å². The molecule has 4 heteroatoms. The number of aromatic nitrogens is 2. The van der Waals surface area contributed by atoms with Crippen LogP contribution >= 0.6 is 0 Å². The minimum absolute atomic E-state index is 0.306. The maximum absolute atomic E-state index is 13.3. The molecule has 1 heterocycles. The van der Waals surface area contributed by atoms with Crippen LogP contribution in [0.3, 0.4) is 0 Å². The molecule has 0 aliphatic heterocycles. The molecular formula is C12H10FN3. The van der Waals surface area contributed by atoms with Crippen LogP contribution in [-0.4, -0.2) is 9.55 Å². The number of nitriles is 1. The van der Waals surface area contributed by atoms with Gasteiger partial charge in [0.05, 0.1) is 29.3 Å². The molecule has 0 unspecified atom stereocenters. The molecule has 1 aromatic carbocycles. The number of aryl methyl sites for hydroxylation is 1. The highest BCUT2D eigenvalue weighted by Gasteiger charge is 2.06. The summed E-state index contributed by atoms with van der Waals surface area (Å²) in [5.74, 6) is -0.417. The van der Waals surface area contributed by atoms with Crippen molar-refractivity contribution in [3.8, 4) is 11.8 Å². The normalized spacial score (nSPS) is 10.1. The smallest absolute Gasteiger partial charge is 0.126 e. The van der Waals surface area contributed by atoms with Crippen LogP contribution in [0, 0.1) is 31.0 Å². The first-order chi connectivity index (χ1) is 7.61. The van der Waals surface area contributed by atoms with Gasteiger partial charge in [-0.2, -0.15) is 5.26 Å². The summed E-state index contributed by atoms with van der Waals surface area (Å²) in [6.45, 7) is 3.79. The van der Waals surface area contributed by atoms with E-state index in [4.69, 9.17) is 5.26 Å². The Hall–Kier alpha value is -2.15. The summed E-state index contributed by atoms with van der Waals surface area (Å²) >= 11 is 0. The van der Waals surface area contributed by atoms with Gasteiger partial charge in [-0.3, -0.25) is 0 Å². The fourth-order valence-electron chi connectivity index (χ4n) is 1.54. The highest BCUT2D eigenvalue weighted by molar-refractivity contribution is 5.43. The lowest BCUT2D eigenvalue weighted by molar-refractivity contribution is 0.626. The number of benzene rings is 1. The van der Waals surface area contributed by atoms with Gasteiger partial charge in [0.15, 0.2) is 0 Å². The SMILES string of the molecule is Cc1ncn(-c2cc(F)cc(C#N)c2)c1C. The Morgan fingerprint density at radius 3 is 2.62 bits per heavy atom. The van der Waals surface area contributed by atoms with E-state index in [0.717, 1.165) is 11.4 Å². The van der Waals surface area contributed by atoms with Gasteiger partial charge in [0.2, 0.25) is 0 Å². The highest BCUT2D eigenvalue weighted by atomic mass is 19.1. The number of nitrogens with zero attached hydrogens (tertiary/aromatic N) is 3. The van der Waals surface area contributed by atoms with Gasteiger partial charge in [0.1, 0.15) is 5.82 Å². The third-order valence-corrected chi connectivity index (χ3v) is 2.54. The maximum Gasteiger partial charge on any atom is 0.126 e. The molecule has 0 fully saturated rings. The van der Waals surface area contributed by atoms with Crippen molar-refractivity contribution < 1.29 is 4.39 Å². The Balaban J connectivity index is 2.61. The van der Waals surface area contributed by atoms with Crippen molar-refractivity contribution in [3.63, 3.8) is 0 Å². The summed E-state index contributed by atoms with van der Waals surface area (Å²) in [4.78, 5) is 4.14. The van der Waals surface area contributed by atoms with Crippen molar-refractivity contribution in [3.05, 3.63) is 47.3 Å². The van der Waals surface area contributed by atoms with Crippen molar-refractivity contribution in [1.29, 1.82) is 5.26 Å². The van der Waals surface area contributed by atoms with Crippen LogP contribution in [0.15, 0.2) is 24.5 Å². The van der Waals surface area contributed by atoms with Gasteiger partial charge in [0.25, 0.3) is 0 Å². The van der Waals surface area contributed by atoms with Gasteiger partial charge in [-0.05, 0) is 32.0 Å². The summed E-state index contributed by atoms with van der Waals surface area (Å²) < 4.78 is 15.0. The van der Waals surface area contributed by atoms with E-state index < -0.39 is 5.82 Å². The maximum atomic E-state index is 13.3. The zero-order valence-corrected chi connectivity index (χ0v) is 9.03. The van der Waals surface area contributed by atoms with E-state index in [-0.39, 0.29) is 0 Å². The van der Waals surface area contributed by atoms with Crippen LogP contribution in [0.4, 0.5) is 4.39 Å². The molecule has 2 rings (SSSR count). The summed E-state index contributed by atoms with van der Waals surface area (Å²) in [5, 5.41) is 8.77. The molecule has 2 aromatic rings. The summed E-state index contributed by atoms with van der Waals surface area (Å²) in [5.41, 5.74) is 2.76. The standard InChI is InChI=1S/C12H10FN3/c1-8-9(2)16(7-15-8)12-4-10(6-14)3-11(13)5-12/h3-5,7H,1-2H3. The molecule has 0 saturated carbocycles. The third-order valence-electron chi connectivity index (χ3n) is 2.54. The van der Waals surface area contributed by atoms with E-state index in [2.05, 4.69) is 4.98 Å². The highest BCUT2D eigenvalue weighted by Crippen LogP contribution is 2.16. The summed E-state index contributed by atoms with van der Waals surface area (Å²) in [6, 6.07) is 6.16. The van der Waals surface area contributed by atoms with Crippen molar-refractivity contribution >= 4 is 0 Å². The lowest BCUT2D eigenvalue weighted by Gasteiger charge is -2.06. The molecule has 0 saturated heterocycles. The largest absolute Gasteiger partial charge is 0.303 e. The van der Waals surface area contributed by atoms with Crippen molar-refractivity contribution in [1.82, 2.24) is 9.55 Å². The molecule has 80 valence electrons. The van der Waals surface area contributed by atoms with Crippen LogP contribution in [-0.2, 0) is 0 Å². The average molecular weight is 215 g/mol. The number of rotatable bonds is 1. The lowest BCUT2D eigenvalue weighted by Crippen LogP contribution is -1.97. The molecule has 0 N–H and O–H groups in total. The quantitative estimate of drug-likeness (QED) is 0.733. The third kappa shape index (κ3) is 1.68. The van der Waals surface area contributed by atoms with Crippen LogP contribution in [0.1, 0.15) is 17.0 Å². The first-order valence-corrected chi connectivity index (χ1v) is 4.83. The molecule has 0 amide bonds. The van der Waals surface area contributed by atoms with E-state index in [1.165, 1.54) is 12.1 Å². The fourth-order valence-corrected chi connectivity index (χ4v) is 1.54. The van der Waals surface area contributed by atoms with E-state index >= 15 is 0 Å². The molecule has 0 aliphatic carbocycles. The Morgan fingerprint density at radius 1 is 1.31 bits per heavy atom. The van der Waals surface area contributed by atoms with E-state index in [1.54, 1.807) is 17.0 Å². The van der Waals surface area contributed by atoms with Gasteiger partial charge >= 0.3 is 0 Å². The van der Waals surface area contributed by atoms with E-state index in [9.17, 15) is 4.39 Å². The minimum Gasteiger partial charge on any atom is -0.303 e. The zero-order valence-electron chi connectivity index (χ0n) is 9.03.